The van der Waals surface area contributed by atoms with Crippen molar-refractivity contribution in [3.63, 3.8) is 0 Å². The summed E-state index contributed by atoms with van der Waals surface area (Å²) in [7, 11) is -3.86. The van der Waals surface area contributed by atoms with Gasteiger partial charge < -0.3 is 4.74 Å². The van der Waals surface area contributed by atoms with Crippen molar-refractivity contribution in [1.82, 2.24) is 10.1 Å². The third-order valence-corrected chi connectivity index (χ3v) is 7.22. The van der Waals surface area contributed by atoms with Gasteiger partial charge in [-0.3, -0.25) is 4.79 Å². The van der Waals surface area contributed by atoms with E-state index < -0.39 is 22.0 Å². The quantitative estimate of drug-likeness (QED) is 0.276. The Morgan fingerprint density at radius 3 is 2.37 bits per heavy atom. The third kappa shape index (κ3) is 7.74. The fourth-order valence-corrected chi connectivity index (χ4v) is 4.99. The number of benzene rings is 3. The second kappa shape index (κ2) is 12.1. The zero-order chi connectivity index (χ0) is 25.4. The summed E-state index contributed by atoms with van der Waals surface area (Å²) in [5.41, 5.74) is 5.16. The van der Waals surface area contributed by atoms with Crippen LogP contribution in [0.4, 0.5) is 0 Å². The number of nitrogens with zero attached hydrogens (tertiary/aromatic N) is 1. The highest BCUT2D eigenvalue weighted by Gasteiger charge is 2.28. The average molecular weight is 558 g/mol. The first-order valence-corrected chi connectivity index (χ1v) is 13.3. The van der Waals surface area contributed by atoms with E-state index in [1.165, 1.54) is 18.3 Å². The molecule has 0 aliphatic heterocycles. The predicted molar refractivity (Wildman–Crippen MR) is 141 cm³/mol. The molecule has 0 aliphatic rings. The van der Waals surface area contributed by atoms with Crippen molar-refractivity contribution in [2.75, 3.05) is 0 Å². The molecule has 0 saturated carbocycles. The first kappa shape index (κ1) is 26.6. The second-order valence-electron chi connectivity index (χ2n) is 8.35. The number of carbonyl (C=O) groups is 1. The van der Waals surface area contributed by atoms with Gasteiger partial charge in [-0.05, 0) is 70.2 Å². The normalized spacial score (nSPS) is 12.6. The molecule has 3 aromatic rings. The maximum atomic E-state index is 12.7. The summed E-state index contributed by atoms with van der Waals surface area (Å²) in [4.78, 5) is 12.8. The Morgan fingerprint density at radius 2 is 1.74 bits per heavy atom. The SMILES string of the molecule is Cc1ccc(S(=O)(=O)N[C@H](C(=O)N/N=C\c2ccc(OCc3ccccc3)c(Br)c2)C(C)C)cc1. The lowest BCUT2D eigenvalue weighted by atomic mass is 10.1. The highest BCUT2D eigenvalue weighted by Crippen LogP contribution is 2.26. The molecule has 0 unspecified atom stereocenters. The van der Waals surface area contributed by atoms with E-state index in [-0.39, 0.29) is 10.8 Å². The van der Waals surface area contributed by atoms with Crippen LogP contribution in [0, 0.1) is 12.8 Å². The molecule has 1 atom stereocenters. The molecule has 0 fully saturated rings. The molecule has 0 spiro atoms. The largest absolute Gasteiger partial charge is 0.488 e. The summed E-state index contributed by atoms with van der Waals surface area (Å²) in [6.07, 6.45) is 1.48. The lowest BCUT2D eigenvalue weighted by Crippen LogP contribution is -2.48. The van der Waals surface area contributed by atoms with Crippen LogP contribution in [0.3, 0.4) is 0 Å². The maximum absolute atomic E-state index is 12.7. The molecule has 3 rings (SSSR count). The minimum absolute atomic E-state index is 0.101. The minimum atomic E-state index is -3.86. The van der Waals surface area contributed by atoms with Gasteiger partial charge in [0.05, 0.1) is 15.6 Å². The van der Waals surface area contributed by atoms with Gasteiger partial charge in [0.1, 0.15) is 18.4 Å². The van der Waals surface area contributed by atoms with Gasteiger partial charge in [-0.25, -0.2) is 13.8 Å². The van der Waals surface area contributed by atoms with Crippen LogP contribution in [0.1, 0.15) is 30.5 Å². The fraction of sp³-hybridized carbons (Fsp3) is 0.231. The van der Waals surface area contributed by atoms with Crippen molar-refractivity contribution in [3.8, 4) is 5.75 Å². The molecular weight excluding hydrogens is 530 g/mol. The molecule has 35 heavy (non-hydrogen) atoms. The van der Waals surface area contributed by atoms with E-state index in [9.17, 15) is 13.2 Å². The maximum Gasteiger partial charge on any atom is 0.258 e. The van der Waals surface area contributed by atoms with E-state index in [4.69, 9.17) is 4.74 Å². The van der Waals surface area contributed by atoms with Crippen LogP contribution in [-0.4, -0.2) is 26.6 Å². The number of rotatable bonds is 10. The van der Waals surface area contributed by atoms with Crippen molar-refractivity contribution in [3.05, 3.63) is 94.0 Å². The monoisotopic (exact) mass is 557 g/mol. The lowest BCUT2D eigenvalue weighted by molar-refractivity contribution is -0.123. The van der Waals surface area contributed by atoms with Gasteiger partial charge in [0.2, 0.25) is 10.0 Å². The van der Waals surface area contributed by atoms with E-state index in [0.717, 1.165) is 21.2 Å². The third-order valence-electron chi connectivity index (χ3n) is 5.14. The number of hydrogen-bond acceptors (Lipinski definition) is 5. The Labute approximate surface area is 214 Å². The predicted octanol–water partition coefficient (Wildman–Crippen LogP) is 4.79. The Bertz CT molecular complexity index is 1280. The van der Waals surface area contributed by atoms with Crippen LogP contribution in [0.15, 0.2) is 87.3 Å². The van der Waals surface area contributed by atoms with E-state index in [0.29, 0.717) is 12.4 Å². The first-order valence-electron chi connectivity index (χ1n) is 11.0. The van der Waals surface area contributed by atoms with Crippen LogP contribution >= 0.6 is 15.9 Å². The molecule has 1 amide bonds. The summed E-state index contributed by atoms with van der Waals surface area (Å²) >= 11 is 3.49. The number of hydrazone groups is 1. The van der Waals surface area contributed by atoms with Crippen LogP contribution in [0.2, 0.25) is 0 Å². The Hall–Kier alpha value is -3.01. The van der Waals surface area contributed by atoms with Crippen molar-refractivity contribution >= 4 is 38.1 Å². The van der Waals surface area contributed by atoms with E-state index in [1.807, 2.05) is 49.4 Å². The Balaban J connectivity index is 1.61. The number of ether oxygens (including phenoxy) is 1. The first-order chi connectivity index (χ1) is 16.7. The Morgan fingerprint density at radius 1 is 1.06 bits per heavy atom. The van der Waals surface area contributed by atoms with Gasteiger partial charge in [-0.1, -0.05) is 61.9 Å². The van der Waals surface area contributed by atoms with E-state index in [2.05, 4.69) is 31.2 Å². The number of halogens is 1. The second-order valence-corrected chi connectivity index (χ2v) is 10.9. The minimum Gasteiger partial charge on any atom is -0.488 e. The molecule has 0 saturated heterocycles. The van der Waals surface area contributed by atoms with E-state index >= 15 is 0 Å². The molecule has 0 aliphatic carbocycles. The summed E-state index contributed by atoms with van der Waals surface area (Å²) in [5.74, 6) is -0.158. The number of sulfonamides is 1. The number of aryl methyl sites for hydroxylation is 1. The van der Waals surface area contributed by atoms with Gasteiger partial charge in [0, 0.05) is 0 Å². The smallest absolute Gasteiger partial charge is 0.258 e. The van der Waals surface area contributed by atoms with Crippen LogP contribution in [0.25, 0.3) is 0 Å². The molecule has 0 heterocycles. The van der Waals surface area contributed by atoms with Crippen molar-refractivity contribution in [2.24, 2.45) is 11.0 Å². The number of amides is 1. The van der Waals surface area contributed by atoms with E-state index in [1.54, 1.807) is 32.0 Å². The summed E-state index contributed by atoms with van der Waals surface area (Å²) in [6.45, 7) is 5.84. The highest BCUT2D eigenvalue weighted by molar-refractivity contribution is 9.10. The van der Waals surface area contributed by atoms with Gasteiger partial charge >= 0.3 is 0 Å². The van der Waals surface area contributed by atoms with Gasteiger partial charge in [0.25, 0.3) is 5.91 Å². The van der Waals surface area contributed by atoms with Crippen molar-refractivity contribution in [2.45, 2.75) is 38.3 Å². The molecule has 0 radical (unpaired) electrons. The van der Waals surface area contributed by atoms with Crippen LogP contribution < -0.4 is 14.9 Å². The topological polar surface area (TPSA) is 96.9 Å². The number of nitrogens with one attached hydrogen (secondary N) is 2. The zero-order valence-electron chi connectivity index (χ0n) is 19.7. The average Bonchev–Trinajstić information content (AvgIpc) is 2.83. The molecule has 184 valence electrons. The fourth-order valence-electron chi connectivity index (χ4n) is 3.13. The van der Waals surface area contributed by atoms with Crippen LogP contribution in [-0.2, 0) is 21.4 Å². The van der Waals surface area contributed by atoms with Gasteiger partial charge in [-0.15, -0.1) is 0 Å². The summed E-state index contributed by atoms with van der Waals surface area (Å²) in [5, 5.41) is 4.00. The number of hydrogen-bond donors (Lipinski definition) is 2. The Kier molecular flexibility index (Phi) is 9.20. The molecular formula is C26H28BrN3O4S. The van der Waals surface area contributed by atoms with Crippen molar-refractivity contribution in [1.29, 1.82) is 0 Å². The summed E-state index contributed by atoms with van der Waals surface area (Å²) in [6, 6.07) is 20.7. The standard InChI is InChI=1S/C26H28BrN3O4S/c1-18(2)25(30-35(32,33)22-12-9-19(3)10-13-22)26(31)29-28-16-21-11-14-24(23(27)15-21)34-17-20-7-5-4-6-8-20/h4-16,18,25,30H,17H2,1-3H3,(H,29,31)/b28-16-/t25-/m0/s1. The molecule has 9 heteroatoms. The molecule has 0 bridgehead atoms. The van der Waals surface area contributed by atoms with Gasteiger partial charge in [-0.2, -0.15) is 9.82 Å². The molecule has 7 nitrogen and oxygen atoms in total. The molecule has 2 N–H and O–H groups in total. The zero-order valence-corrected chi connectivity index (χ0v) is 22.1. The van der Waals surface area contributed by atoms with Crippen LogP contribution in [0.5, 0.6) is 5.75 Å². The highest BCUT2D eigenvalue weighted by atomic mass is 79.9. The molecule has 0 aromatic heterocycles. The number of carbonyl (C=O) groups excluding carboxylic acids is 1. The summed E-state index contributed by atoms with van der Waals surface area (Å²) < 4.78 is 34.5. The van der Waals surface area contributed by atoms with Gasteiger partial charge in [0.15, 0.2) is 0 Å². The lowest BCUT2D eigenvalue weighted by Gasteiger charge is -2.20. The molecule has 3 aromatic carbocycles. The van der Waals surface area contributed by atoms with Crippen molar-refractivity contribution < 1.29 is 17.9 Å².